The van der Waals surface area contributed by atoms with Gasteiger partial charge in [0.25, 0.3) is 0 Å². The topological polar surface area (TPSA) is 95.6 Å². The Morgan fingerprint density at radius 3 is 2.73 bits per heavy atom. The summed E-state index contributed by atoms with van der Waals surface area (Å²) in [5, 5.41) is 0. The van der Waals surface area contributed by atoms with Gasteiger partial charge in [-0.25, -0.2) is 15.0 Å². The van der Waals surface area contributed by atoms with Gasteiger partial charge in [-0.05, 0) is 24.3 Å². The number of H-pyrrole nitrogens is 2. The van der Waals surface area contributed by atoms with Gasteiger partial charge < -0.3 is 19.6 Å². The standard InChI is InChI=1S/C18H17N7O/c1-26-12-4-2-11(3-5-12)15-16-17(22-10-21-16)24-18(23-15)25-7-6-13-14(8-25)20-9-19-13/h2-5,9-10H,6-8H2,1H3,(H,19,20)(H,21,22,23,24). The van der Waals surface area contributed by atoms with Crippen LogP contribution in [0.2, 0.25) is 0 Å². The highest BCUT2D eigenvalue weighted by molar-refractivity contribution is 5.88. The maximum atomic E-state index is 5.25. The van der Waals surface area contributed by atoms with Crippen molar-refractivity contribution >= 4 is 17.1 Å². The first-order chi connectivity index (χ1) is 12.8. The third-order valence-electron chi connectivity index (χ3n) is 4.70. The quantitative estimate of drug-likeness (QED) is 0.590. The van der Waals surface area contributed by atoms with Crippen LogP contribution in [0, 0.1) is 0 Å². The fraction of sp³-hybridized carbons (Fsp3) is 0.222. The van der Waals surface area contributed by atoms with E-state index in [9.17, 15) is 0 Å². The minimum Gasteiger partial charge on any atom is -0.497 e. The van der Waals surface area contributed by atoms with Crippen LogP contribution in [0.3, 0.4) is 0 Å². The fourth-order valence-electron chi connectivity index (χ4n) is 3.30. The number of hydrogen-bond donors (Lipinski definition) is 2. The van der Waals surface area contributed by atoms with Gasteiger partial charge in [0.05, 0.1) is 37.7 Å². The second kappa shape index (κ2) is 5.83. The smallest absolute Gasteiger partial charge is 0.228 e. The van der Waals surface area contributed by atoms with Crippen molar-refractivity contribution in [2.75, 3.05) is 18.6 Å². The average molecular weight is 347 g/mol. The Balaban J connectivity index is 1.59. The summed E-state index contributed by atoms with van der Waals surface area (Å²) >= 11 is 0. The molecule has 1 aromatic carbocycles. The average Bonchev–Trinajstić information content (AvgIpc) is 3.35. The van der Waals surface area contributed by atoms with E-state index in [1.165, 1.54) is 0 Å². The monoisotopic (exact) mass is 347 g/mol. The van der Waals surface area contributed by atoms with Gasteiger partial charge in [-0.2, -0.15) is 4.98 Å². The van der Waals surface area contributed by atoms with Crippen molar-refractivity contribution in [3.8, 4) is 17.0 Å². The summed E-state index contributed by atoms with van der Waals surface area (Å²) in [6, 6.07) is 7.84. The van der Waals surface area contributed by atoms with Crippen LogP contribution in [0.5, 0.6) is 5.75 Å². The zero-order valence-electron chi connectivity index (χ0n) is 14.2. The summed E-state index contributed by atoms with van der Waals surface area (Å²) in [5.74, 6) is 1.49. The second-order valence-corrected chi connectivity index (χ2v) is 6.20. The van der Waals surface area contributed by atoms with Gasteiger partial charge in [0.2, 0.25) is 5.95 Å². The van der Waals surface area contributed by atoms with Gasteiger partial charge >= 0.3 is 0 Å². The number of aromatic nitrogens is 6. The number of nitrogens with zero attached hydrogens (tertiary/aromatic N) is 5. The molecule has 0 fully saturated rings. The van der Waals surface area contributed by atoms with E-state index in [2.05, 4.69) is 29.8 Å². The molecule has 1 aliphatic rings. The predicted octanol–water partition coefficient (Wildman–Crippen LogP) is 2.31. The molecule has 0 atom stereocenters. The van der Waals surface area contributed by atoms with Gasteiger partial charge in [-0.3, -0.25) is 0 Å². The van der Waals surface area contributed by atoms with Crippen LogP contribution < -0.4 is 9.64 Å². The lowest BCUT2D eigenvalue weighted by atomic mass is 10.1. The summed E-state index contributed by atoms with van der Waals surface area (Å²) < 4.78 is 5.25. The summed E-state index contributed by atoms with van der Waals surface area (Å²) in [5.41, 5.74) is 5.56. The number of imidazole rings is 2. The van der Waals surface area contributed by atoms with Crippen molar-refractivity contribution < 1.29 is 4.74 Å². The molecule has 130 valence electrons. The molecule has 0 saturated carbocycles. The number of nitrogens with one attached hydrogen (secondary N) is 2. The largest absolute Gasteiger partial charge is 0.497 e. The Morgan fingerprint density at radius 2 is 1.88 bits per heavy atom. The molecule has 0 bridgehead atoms. The molecular formula is C18H17N7O. The van der Waals surface area contributed by atoms with Crippen molar-refractivity contribution in [3.05, 3.63) is 48.3 Å². The summed E-state index contributed by atoms with van der Waals surface area (Å²) in [4.78, 5) is 26.7. The van der Waals surface area contributed by atoms with E-state index in [4.69, 9.17) is 9.72 Å². The van der Waals surface area contributed by atoms with E-state index >= 15 is 0 Å². The third kappa shape index (κ3) is 2.38. The number of rotatable bonds is 3. The molecule has 8 nitrogen and oxygen atoms in total. The third-order valence-corrected chi connectivity index (χ3v) is 4.70. The number of benzene rings is 1. The number of ether oxygens (including phenoxy) is 1. The number of methoxy groups -OCH3 is 1. The zero-order chi connectivity index (χ0) is 17.5. The van der Waals surface area contributed by atoms with Crippen LogP contribution in [0.15, 0.2) is 36.9 Å². The minimum atomic E-state index is 0.663. The molecule has 4 heterocycles. The molecule has 3 aromatic heterocycles. The molecule has 26 heavy (non-hydrogen) atoms. The highest BCUT2D eigenvalue weighted by Crippen LogP contribution is 2.29. The molecule has 5 rings (SSSR count). The lowest BCUT2D eigenvalue weighted by molar-refractivity contribution is 0.415. The number of hydrogen-bond acceptors (Lipinski definition) is 6. The van der Waals surface area contributed by atoms with Crippen LogP contribution in [0.1, 0.15) is 11.4 Å². The van der Waals surface area contributed by atoms with E-state index < -0.39 is 0 Å². The fourth-order valence-corrected chi connectivity index (χ4v) is 3.30. The van der Waals surface area contributed by atoms with E-state index in [1.807, 2.05) is 24.3 Å². The maximum Gasteiger partial charge on any atom is 0.228 e. The van der Waals surface area contributed by atoms with Crippen molar-refractivity contribution in [1.29, 1.82) is 0 Å². The molecular weight excluding hydrogens is 330 g/mol. The van der Waals surface area contributed by atoms with E-state index in [1.54, 1.807) is 19.8 Å². The van der Waals surface area contributed by atoms with Gasteiger partial charge in [0.15, 0.2) is 5.65 Å². The van der Waals surface area contributed by atoms with Crippen LogP contribution >= 0.6 is 0 Å². The molecule has 0 radical (unpaired) electrons. The Bertz CT molecular complexity index is 1070. The van der Waals surface area contributed by atoms with Crippen molar-refractivity contribution in [2.24, 2.45) is 0 Å². The molecule has 0 spiro atoms. The molecule has 0 amide bonds. The highest BCUT2D eigenvalue weighted by Gasteiger charge is 2.22. The van der Waals surface area contributed by atoms with E-state index in [0.29, 0.717) is 18.1 Å². The molecule has 8 heteroatoms. The lowest BCUT2D eigenvalue weighted by Gasteiger charge is -2.26. The molecule has 2 N–H and O–H groups in total. The lowest BCUT2D eigenvalue weighted by Crippen LogP contribution is -2.32. The number of fused-ring (bicyclic) bond motifs is 2. The Hall–Kier alpha value is -3.42. The SMILES string of the molecule is COc1ccc(-c2nc(N3CCc4nc[nH]c4C3)nc3nc[nH]c23)cc1. The maximum absolute atomic E-state index is 5.25. The normalized spacial score (nSPS) is 13.8. The van der Waals surface area contributed by atoms with Crippen LogP contribution in [-0.2, 0) is 13.0 Å². The number of aromatic amines is 2. The molecule has 4 aromatic rings. The number of anilines is 1. The molecule has 0 saturated heterocycles. The zero-order valence-corrected chi connectivity index (χ0v) is 14.2. The van der Waals surface area contributed by atoms with Gasteiger partial charge in [0, 0.05) is 18.5 Å². The van der Waals surface area contributed by atoms with Gasteiger partial charge in [-0.1, -0.05) is 0 Å². The second-order valence-electron chi connectivity index (χ2n) is 6.20. The van der Waals surface area contributed by atoms with Crippen molar-refractivity contribution in [2.45, 2.75) is 13.0 Å². The van der Waals surface area contributed by atoms with Crippen molar-refractivity contribution in [1.82, 2.24) is 29.9 Å². The molecule has 0 aliphatic carbocycles. The van der Waals surface area contributed by atoms with Crippen LogP contribution in [0.4, 0.5) is 5.95 Å². The van der Waals surface area contributed by atoms with Crippen LogP contribution in [0.25, 0.3) is 22.4 Å². The predicted molar refractivity (Wildman–Crippen MR) is 97.0 cm³/mol. The van der Waals surface area contributed by atoms with E-state index in [-0.39, 0.29) is 0 Å². The summed E-state index contributed by atoms with van der Waals surface area (Å²) in [7, 11) is 1.66. The Labute approximate surface area is 149 Å². The first-order valence-electron chi connectivity index (χ1n) is 8.43. The molecule has 0 unspecified atom stereocenters. The van der Waals surface area contributed by atoms with E-state index in [0.717, 1.165) is 46.9 Å². The summed E-state index contributed by atoms with van der Waals surface area (Å²) in [6.07, 6.45) is 4.27. The summed E-state index contributed by atoms with van der Waals surface area (Å²) in [6.45, 7) is 1.54. The minimum absolute atomic E-state index is 0.663. The van der Waals surface area contributed by atoms with Gasteiger partial charge in [-0.15, -0.1) is 0 Å². The first kappa shape index (κ1) is 14.9. The first-order valence-corrected chi connectivity index (χ1v) is 8.43. The van der Waals surface area contributed by atoms with Crippen LogP contribution in [-0.4, -0.2) is 43.6 Å². The highest BCUT2D eigenvalue weighted by atomic mass is 16.5. The Morgan fingerprint density at radius 1 is 1.04 bits per heavy atom. The molecule has 1 aliphatic heterocycles. The Kier molecular flexibility index (Phi) is 3.34. The van der Waals surface area contributed by atoms with Gasteiger partial charge in [0.1, 0.15) is 17.0 Å². The van der Waals surface area contributed by atoms with Crippen molar-refractivity contribution in [3.63, 3.8) is 0 Å².